The molecule has 2 aromatic heterocycles. The summed E-state index contributed by atoms with van der Waals surface area (Å²) in [4.78, 5) is 49.3. The van der Waals surface area contributed by atoms with Crippen molar-refractivity contribution >= 4 is 40.3 Å². The van der Waals surface area contributed by atoms with Crippen LogP contribution in [0.25, 0.3) is 11.0 Å². The molecule has 0 saturated carbocycles. The van der Waals surface area contributed by atoms with Crippen LogP contribution in [0.3, 0.4) is 0 Å². The number of hydrogen-bond acceptors (Lipinski definition) is 8. The number of rotatable bonds is 7. The molecule has 3 N–H and O–H groups in total. The molecule has 1 aliphatic heterocycles. The normalized spacial score (nSPS) is 15.3. The number of nitrogens with one attached hydrogen (secondary N) is 1. The third kappa shape index (κ3) is 5.22. The number of piperidine rings is 1. The highest BCUT2D eigenvalue weighted by molar-refractivity contribution is 6.13. The molecule has 37 heavy (non-hydrogen) atoms. The van der Waals surface area contributed by atoms with E-state index in [-0.39, 0.29) is 35.8 Å². The van der Waals surface area contributed by atoms with Crippen molar-refractivity contribution in [1.29, 1.82) is 0 Å². The molecule has 194 valence electrons. The van der Waals surface area contributed by atoms with Gasteiger partial charge in [0.1, 0.15) is 17.9 Å². The van der Waals surface area contributed by atoms with Crippen molar-refractivity contribution in [2.75, 3.05) is 45.3 Å². The highest BCUT2D eigenvalue weighted by Crippen LogP contribution is 2.31. The van der Waals surface area contributed by atoms with Gasteiger partial charge in [-0.3, -0.25) is 14.4 Å². The number of hydrogen-bond donors (Lipinski definition) is 2. The number of fused-ring (bicyclic) bond motifs is 1. The van der Waals surface area contributed by atoms with Crippen LogP contribution < -0.4 is 15.8 Å². The van der Waals surface area contributed by atoms with E-state index in [0.29, 0.717) is 35.6 Å². The predicted molar refractivity (Wildman–Crippen MR) is 138 cm³/mol. The molecule has 1 aliphatic rings. The van der Waals surface area contributed by atoms with Gasteiger partial charge in [-0.15, -0.1) is 0 Å². The van der Waals surface area contributed by atoms with Gasteiger partial charge in [0.15, 0.2) is 11.3 Å². The molecule has 1 saturated heterocycles. The van der Waals surface area contributed by atoms with E-state index in [4.69, 9.17) is 10.5 Å². The Morgan fingerprint density at radius 3 is 2.78 bits per heavy atom. The molecule has 4 rings (SSSR count). The molecule has 0 aliphatic carbocycles. The van der Waals surface area contributed by atoms with E-state index in [1.807, 2.05) is 0 Å². The van der Waals surface area contributed by atoms with E-state index in [0.717, 1.165) is 18.4 Å². The maximum atomic E-state index is 13.4. The van der Waals surface area contributed by atoms with Gasteiger partial charge in [0.05, 0.1) is 30.6 Å². The van der Waals surface area contributed by atoms with E-state index in [1.54, 1.807) is 41.9 Å². The zero-order chi connectivity index (χ0) is 26.7. The quantitative estimate of drug-likeness (QED) is 0.460. The van der Waals surface area contributed by atoms with Crippen molar-refractivity contribution in [3.05, 3.63) is 48.4 Å². The first-order valence-electron chi connectivity index (χ1n) is 11.8. The molecule has 12 nitrogen and oxygen atoms in total. The molecule has 0 bridgehead atoms. The van der Waals surface area contributed by atoms with Crippen molar-refractivity contribution in [3.63, 3.8) is 0 Å². The highest BCUT2D eigenvalue weighted by atomic mass is 16.5. The van der Waals surface area contributed by atoms with Crippen LogP contribution in [0.5, 0.6) is 5.75 Å². The number of nitrogens with two attached hydrogens (primary N) is 1. The van der Waals surface area contributed by atoms with Gasteiger partial charge in [-0.2, -0.15) is 5.10 Å². The zero-order valence-electron chi connectivity index (χ0n) is 21.1. The van der Waals surface area contributed by atoms with Crippen molar-refractivity contribution in [2.24, 2.45) is 0 Å². The van der Waals surface area contributed by atoms with Gasteiger partial charge in [0.25, 0.3) is 5.91 Å². The number of ether oxygens (including phenoxy) is 1. The molecule has 1 aromatic carbocycles. The Morgan fingerprint density at radius 2 is 2.08 bits per heavy atom. The summed E-state index contributed by atoms with van der Waals surface area (Å²) < 4.78 is 7.11. The van der Waals surface area contributed by atoms with Gasteiger partial charge in [-0.25, -0.2) is 14.6 Å². The highest BCUT2D eigenvalue weighted by Gasteiger charge is 2.29. The Balaban J connectivity index is 1.65. The molecular formula is C25H30N8O4. The second kappa shape index (κ2) is 10.6. The molecule has 1 unspecified atom stereocenters. The van der Waals surface area contributed by atoms with Gasteiger partial charge >= 0.3 is 0 Å². The number of anilines is 2. The summed E-state index contributed by atoms with van der Waals surface area (Å²) in [6.07, 6.45) is 4.34. The van der Waals surface area contributed by atoms with Crippen molar-refractivity contribution in [3.8, 4) is 5.75 Å². The Hall–Kier alpha value is -4.48. The lowest BCUT2D eigenvalue weighted by molar-refractivity contribution is -0.128. The minimum absolute atomic E-state index is 0.0533. The SMILES string of the molecule is C=CC(=O)N1CCCC(n2nc(C(=O)Nc3ccc(CC(=O)N(C)C)cc3OC)c3c(N)ncnc32)C1. The van der Waals surface area contributed by atoms with Crippen LogP contribution in [0, 0.1) is 0 Å². The summed E-state index contributed by atoms with van der Waals surface area (Å²) in [6, 6.07) is 4.94. The monoisotopic (exact) mass is 506 g/mol. The summed E-state index contributed by atoms with van der Waals surface area (Å²) in [5.41, 5.74) is 7.79. The second-order valence-corrected chi connectivity index (χ2v) is 8.99. The fourth-order valence-corrected chi connectivity index (χ4v) is 4.36. The molecule has 3 heterocycles. The Morgan fingerprint density at radius 1 is 1.30 bits per heavy atom. The molecule has 1 fully saturated rings. The summed E-state index contributed by atoms with van der Waals surface area (Å²) in [6.45, 7) is 4.61. The van der Waals surface area contributed by atoms with Gasteiger partial charge in [-0.05, 0) is 36.6 Å². The number of carbonyl (C=O) groups excluding carboxylic acids is 3. The third-order valence-electron chi connectivity index (χ3n) is 6.33. The number of carbonyl (C=O) groups is 3. The average molecular weight is 507 g/mol. The first-order valence-corrected chi connectivity index (χ1v) is 11.8. The number of amides is 3. The standard InChI is InChI=1S/C25H30N8O4/c1-5-19(34)32-10-6-7-16(13-32)33-24-21(23(26)27-14-28-24)22(30-33)25(36)29-17-9-8-15(11-18(17)37-4)12-20(35)31(2)3/h5,8-9,11,14,16H,1,6-7,10,12-13H2,2-4H3,(H,29,36)(H2,26,27,28). The fourth-order valence-electron chi connectivity index (χ4n) is 4.36. The van der Waals surface area contributed by atoms with Crippen LogP contribution in [0.4, 0.5) is 11.5 Å². The van der Waals surface area contributed by atoms with E-state index in [9.17, 15) is 14.4 Å². The van der Waals surface area contributed by atoms with Crippen LogP contribution >= 0.6 is 0 Å². The molecule has 1 atom stereocenters. The van der Waals surface area contributed by atoms with Crippen LogP contribution in [0.2, 0.25) is 0 Å². The topological polar surface area (TPSA) is 149 Å². The largest absolute Gasteiger partial charge is 0.495 e. The van der Waals surface area contributed by atoms with Crippen LogP contribution in [0.1, 0.15) is 34.9 Å². The molecular weight excluding hydrogens is 476 g/mol. The Bertz CT molecular complexity index is 1370. The minimum Gasteiger partial charge on any atom is -0.495 e. The van der Waals surface area contributed by atoms with Gasteiger partial charge < -0.3 is 25.6 Å². The van der Waals surface area contributed by atoms with E-state index >= 15 is 0 Å². The maximum absolute atomic E-state index is 13.4. The molecule has 0 radical (unpaired) electrons. The number of benzene rings is 1. The van der Waals surface area contributed by atoms with Crippen LogP contribution in [0.15, 0.2) is 37.2 Å². The average Bonchev–Trinajstić information content (AvgIpc) is 3.30. The van der Waals surface area contributed by atoms with Crippen LogP contribution in [-0.4, -0.2) is 81.6 Å². The minimum atomic E-state index is -0.518. The van der Waals surface area contributed by atoms with Crippen molar-refractivity contribution in [1.82, 2.24) is 29.5 Å². The lowest BCUT2D eigenvalue weighted by atomic mass is 10.1. The van der Waals surface area contributed by atoms with E-state index in [1.165, 1.54) is 24.4 Å². The zero-order valence-corrected chi connectivity index (χ0v) is 21.1. The number of likely N-dealkylation sites (N-methyl/N-ethyl adjacent to an activating group) is 1. The number of nitrogens with zero attached hydrogens (tertiary/aromatic N) is 6. The number of likely N-dealkylation sites (tertiary alicyclic amines) is 1. The lowest BCUT2D eigenvalue weighted by Gasteiger charge is -2.32. The van der Waals surface area contributed by atoms with Crippen LogP contribution in [-0.2, 0) is 16.0 Å². The third-order valence-corrected chi connectivity index (χ3v) is 6.33. The van der Waals surface area contributed by atoms with Gasteiger partial charge in [0, 0.05) is 27.2 Å². The molecule has 3 aromatic rings. The number of methoxy groups -OCH3 is 1. The number of aromatic nitrogens is 4. The van der Waals surface area contributed by atoms with Gasteiger partial charge in [0.2, 0.25) is 11.8 Å². The maximum Gasteiger partial charge on any atom is 0.277 e. The molecule has 12 heteroatoms. The summed E-state index contributed by atoms with van der Waals surface area (Å²) in [7, 11) is 4.86. The fraction of sp³-hybridized carbons (Fsp3) is 0.360. The van der Waals surface area contributed by atoms with E-state index in [2.05, 4.69) is 27.0 Å². The van der Waals surface area contributed by atoms with E-state index < -0.39 is 5.91 Å². The smallest absolute Gasteiger partial charge is 0.277 e. The summed E-state index contributed by atoms with van der Waals surface area (Å²) in [5, 5.41) is 7.75. The second-order valence-electron chi connectivity index (χ2n) is 8.99. The molecule has 0 spiro atoms. The number of nitrogen functional groups attached to an aromatic ring is 1. The van der Waals surface area contributed by atoms with Gasteiger partial charge in [-0.1, -0.05) is 12.6 Å². The Kier molecular flexibility index (Phi) is 7.37. The molecule has 3 amide bonds. The van der Waals surface area contributed by atoms with Crippen molar-refractivity contribution in [2.45, 2.75) is 25.3 Å². The first kappa shape index (κ1) is 25.6. The Labute approximate surface area is 214 Å². The predicted octanol–water partition coefficient (Wildman–Crippen LogP) is 1.65. The summed E-state index contributed by atoms with van der Waals surface area (Å²) >= 11 is 0. The van der Waals surface area contributed by atoms with Crippen molar-refractivity contribution < 1.29 is 19.1 Å². The lowest BCUT2D eigenvalue weighted by Crippen LogP contribution is -2.40. The first-order chi connectivity index (χ1) is 17.7. The summed E-state index contributed by atoms with van der Waals surface area (Å²) in [5.74, 6) is -0.203.